The molecule has 1 aliphatic rings. The number of hydrogen-bond acceptors (Lipinski definition) is 5. The van der Waals surface area contributed by atoms with Gasteiger partial charge in [-0.1, -0.05) is 50.7 Å². The molecule has 3 aromatic rings. The number of ether oxygens (including phenoxy) is 2. The Morgan fingerprint density at radius 3 is 2.72 bits per heavy atom. The molecule has 1 fully saturated rings. The SMILES string of the molecule is C[Si](C)(C)CCOCn1cc(C(=O)NCCC2CC2)c2nc(Oc3ccccc3)cnc21. The summed E-state index contributed by atoms with van der Waals surface area (Å²) in [5.41, 5.74) is 1.64. The third kappa shape index (κ3) is 6.17. The van der Waals surface area contributed by atoms with E-state index in [1.165, 1.54) is 12.8 Å². The Morgan fingerprint density at radius 1 is 1.22 bits per heavy atom. The van der Waals surface area contributed by atoms with Crippen LogP contribution in [0.4, 0.5) is 0 Å². The lowest BCUT2D eigenvalue weighted by molar-refractivity contribution is 0.0891. The van der Waals surface area contributed by atoms with Crippen molar-refractivity contribution < 1.29 is 14.3 Å². The van der Waals surface area contributed by atoms with E-state index in [0.29, 0.717) is 48.2 Å². The van der Waals surface area contributed by atoms with Crippen LogP contribution in [0.15, 0.2) is 42.7 Å². The fourth-order valence-corrected chi connectivity index (χ4v) is 4.15. The number of rotatable bonds is 11. The van der Waals surface area contributed by atoms with Crippen molar-refractivity contribution >= 4 is 25.1 Å². The molecule has 0 radical (unpaired) electrons. The van der Waals surface area contributed by atoms with Gasteiger partial charge >= 0.3 is 0 Å². The molecule has 2 aromatic heterocycles. The van der Waals surface area contributed by atoms with Crippen LogP contribution in [0.2, 0.25) is 25.7 Å². The molecule has 0 bridgehead atoms. The van der Waals surface area contributed by atoms with Crippen molar-refractivity contribution in [2.24, 2.45) is 5.92 Å². The molecule has 1 amide bonds. The number of carbonyl (C=O) groups excluding carboxylic acids is 1. The first kappa shape index (κ1) is 22.5. The van der Waals surface area contributed by atoms with Gasteiger partial charge in [-0.05, 0) is 30.5 Å². The largest absolute Gasteiger partial charge is 0.437 e. The van der Waals surface area contributed by atoms with Gasteiger partial charge in [-0.3, -0.25) is 4.79 Å². The average molecular weight is 453 g/mol. The van der Waals surface area contributed by atoms with Crippen molar-refractivity contribution in [3.63, 3.8) is 0 Å². The highest BCUT2D eigenvalue weighted by Crippen LogP contribution is 2.31. The number of amides is 1. The molecule has 0 spiro atoms. The van der Waals surface area contributed by atoms with E-state index in [9.17, 15) is 4.79 Å². The number of nitrogens with one attached hydrogen (secondary N) is 1. The minimum absolute atomic E-state index is 0.136. The molecule has 1 saturated carbocycles. The van der Waals surface area contributed by atoms with Crippen molar-refractivity contribution in [2.75, 3.05) is 13.2 Å². The molecule has 0 unspecified atom stereocenters. The maximum Gasteiger partial charge on any atom is 0.255 e. The second kappa shape index (κ2) is 9.83. The van der Waals surface area contributed by atoms with Gasteiger partial charge in [-0.2, -0.15) is 0 Å². The molecule has 32 heavy (non-hydrogen) atoms. The summed E-state index contributed by atoms with van der Waals surface area (Å²) in [6.45, 7) is 8.68. The third-order valence-electron chi connectivity index (χ3n) is 5.52. The summed E-state index contributed by atoms with van der Waals surface area (Å²) >= 11 is 0. The zero-order valence-corrected chi connectivity index (χ0v) is 20.1. The van der Waals surface area contributed by atoms with Gasteiger partial charge in [0.1, 0.15) is 18.0 Å². The Bertz CT molecular complexity index is 1060. The van der Waals surface area contributed by atoms with E-state index >= 15 is 0 Å². The molecule has 2 heterocycles. The van der Waals surface area contributed by atoms with E-state index in [2.05, 4.69) is 34.9 Å². The number of aromatic nitrogens is 3. The summed E-state index contributed by atoms with van der Waals surface area (Å²) in [7, 11) is -1.17. The molecule has 7 nitrogen and oxygen atoms in total. The second-order valence-electron chi connectivity index (χ2n) is 9.64. The topological polar surface area (TPSA) is 78.3 Å². The molecule has 4 rings (SSSR count). The van der Waals surface area contributed by atoms with Crippen molar-refractivity contribution in [2.45, 2.75) is 51.7 Å². The van der Waals surface area contributed by atoms with Crippen molar-refractivity contribution in [3.8, 4) is 11.6 Å². The minimum atomic E-state index is -1.17. The highest BCUT2D eigenvalue weighted by atomic mass is 28.3. The standard InChI is InChI=1S/C24H32N4O3Si/c1-32(2,3)14-13-30-17-28-16-20(24(29)25-12-11-18-9-10-18)22-23(28)26-15-21(27-22)31-19-7-5-4-6-8-19/h4-8,15-16,18H,9-14,17H2,1-3H3,(H,25,29). The molecule has 1 aromatic carbocycles. The van der Waals surface area contributed by atoms with Crippen LogP contribution in [0.3, 0.4) is 0 Å². The van der Waals surface area contributed by atoms with Gasteiger partial charge in [0.25, 0.3) is 5.91 Å². The molecule has 8 heteroatoms. The van der Waals surface area contributed by atoms with Crippen LogP contribution >= 0.6 is 0 Å². The van der Waals surface area contributed by atoms with Gasteiger partial charge in [0, 0.05) is 27.4 Å². The first-order valence-electron chi connectivity index (χ1n) is 11.3. The fourth-order valence-electron chi connectivity index (χ4n) is 3.39. The maximum absolute atomic E-state index is 12.9. The molecular weight excluding hydrogens is 420 g/mol. The smallest absolute Gasteiger partial charge is 0.255 e. The fraction of sp³-hybridized carbons (Fsp3) is 0.458. The molecule has 1 aliphatic carbocycles. The van der Waals surface area contributed by atoms with Crippen LogP contribution < -0.4 is 10.1 Å². The van der Waals surface area contributed by atoms with Gasteiger partial charge in [0.15, 0.2) is 5.65 Å². The first-order valence-corrected chi connectivity index (χ1v) is 15.0. The summed E-state index contributed by atoms with van der Waals surface area (Å²) in [4.78, 5) is 22.1. The van der Waals surface area contributed by atoms with Gasteiger partial charge < -0.3 is 19.4 Å². The Hall–Kier alpha value is -2.71. The Kier molecular flexibility index (Phi) is 6.91. The van der Waals surface area contributed by atoms with Gasteiger partial charge in [0.2, 0.25) is 5.88 Å². The summed E-state index contributed by atoms with van der Waals surface area (Å²) in [5.74, 6) is 1.66. The van der Waals surface area contributed by atoms with E-state index in [1.54, 1.807) is 12.4 Å². The molecular formula is C24H32N4O3Si. The third-order valence-corrected chi connectivity index (χ3v) is 7.22. The minimum Gasteiger partial charge on any atom is -0.437 e. The van der Waals surface area contributed by atoms with Crippen molar-refractivity contribution in [1.29, 1.82) is 0 Å². The highest BCUT2D eigenvalue weighted by Gasteiger charge is 2.22. The summed E-state index contributed by atoms with van der Waals surface area (Å²) in [6, 6.07) is 10.5. The van der Waals surface area contributed by atoms with E-state index in [0.717, 1.165) is 18.4 Å². The second-order valence-corrected chi connectivity index (χ2v) is 15.3. The number of hydrogen-bond donors (Lipinski definition) is 1. The first-order chi connectivity index (χ1) is 15.4. The molecule has 0 aliphatic heterocycles. The predicted octanol–water partition coefficient (Wildman–Crippen LogP) is 5.07. The number of benzene rings is 1. The van der Waals surface area contributed by atoms with Crippen molar-refractivity contribution in [1.82, 2.24) is 19.9 Å². The summed E-state index contributed by atoms with van der Waals surface area (Å²) in [6.07, 6.45) is 6.95. The van der Waals surface area contributed by atoms with Crippen molar-refractivity contribution in [3.05, 3.63) is 48.3 Å². The zero-order valence-electron chi connectivity index (χ0n) is 19.1. The van der Waals surface area contributed by atoms with Crippen LogP contribution in [-0.4, -0.2) is 41.7 Å². The quantitative estimate of drug-likeness (QED) is 0.325. The number of nitrogens with zero attached hydrogens (tertiary/aromatic N) is 3. The monoisotopic (exact) mass is 452 g/mol. The van der Waals surface area contributed by atoms with Crippen LogP contribution in [-0.2, 0) is 11.5 Å². The van der Waals surface area contributed by atoms with E-state index in [4.69, 9.17) is 9.47 Å². The lowest BCUT2D eigenvalue weighted by Crippen LogP contribution is -2.24. The Morgan fingerprint density at radius 2 is 2.00 bits per heavy atom. The average Bonchev–Trinajstić information content (AvgIpc) is 3.51. The zero-order chi connectivity index (χ0) is 22.6. The lowest BCUT2D eigenvalue weighted by atomic mass is 10.2. The lowest BCUT2D eigenvalue weighted by Gasteiger charge is -2.15. The highest BCUT2D eigenvalue weighted by molar-refractivity contribution is 6.76. The van der Waals surface area contributed by atoms with Gasteiger partial charge in [-0.15, -0.1) is 0 Å². The Labute approximate surface area is 190 Å². The molecule has 170 valence electrons. The van der Waals surface area contributed by atoms with Crippen LogP contribution in [0, 0.1) is 5.92 Å². The predicted molar refractivity (Wildman–Crippen MR) is 128 cm³/mol. The van der Waals surface area contributed by atoms with Gasteiger partial charge in [-0.25, -0.2) is 9.97 Å². The number of fused-ring (bicyclic) bond motifs is 1. The van der Waals surface area contributed by atoms with Crippen LogP contribution in [0.1, 0.15) is 29.6 Å². The molecule has 0 saturated heterocycles. The molecule has 0 atom stereocenters. The van der Waals surface area contributed by atoms with Gasteiger partial charge in [0.05, 0.1) is 11.8 Å². The van der Waals surface area contributed by atoms with E-state index in [1.807, 2.05) is 34.9 Å². The maximum atomic E-state index is 12.9. The number of para-hydroxylation sites is 1. The number of carbonyl (C=O) groups is 1. The normalized spacial score (nSPS) is 14.0. The van der Waals surface area contributed by atoms with Crippen LogP contribution in [0.5, 0.6) is 11.6 Å². The summed E-state index contributed by atoms with van der Waals surface area (Å²) in [5, 5.41) is 3.04. The van der Waals surface area contributed by atoms with E-state index < -0.39 is 8.07 Å². The molecule has 1 N–H and O–H groups in total. The summed E-state index contributed by atoms with van der Waals surface area (Å²) < 4.78 is 13.6. The van der Waals surface area contributed by atoms with E-state index in [-0.39, 0.29) is 5.91 Å². The Balaban J connectivity index is 1.54. The van der Waals surface area contributed by atoms with Crippen LogP contribution in [0.25, 0.3) is 11.2 Å².